The molecule has 29 heavy (non-hydrogen) atoms. The number of halogens is 6. The highest BCUT2D eigenvalue weighted by Crippen LogP contribution is 2.59. The molecule has 0 unspecified atom stereocenters. The van der Waals surface area contributed by atoms with E-state index in [0.29, 0.717) is 12.2 Å². The van der Waals surface area contributed by atoms with Gasteiger partial charge < -0.3 is 15.0 Å². The number of rotatable bonds is 3. The molecule has 0 radical (unpaired) electrons. The molecule has 0 aromatic carbocycles. The molecule has 1 aliphatic heterocycles. The largest absolute Gasteiger partial charge is 0.434 e. The van der Waals surface area contributed by atoms with E-state index in [2.05, 4.69) is 15.2 Å². The Morgan fingerprint density at radius 1 is 1.21 bits per heavy atom. The van der Waals surface area contributed by atoms with Crippen LogP contribution in [-0.2, 0) is 16.6 Å². The second-order valence-corrected chi connectivity index (χ2v) is 7.32. The van der Waals surface area contributed by atoms with Crippen LogP contribution in [0.15, 0.2) is 12.3 Å². The minimum absolute atomic E-state index is 0.0887. The average Bonchev–Trinajstić information content (AvgIpc) is 3.14. The number of nitrogens with zero attached hydrogens (tertiary/aromatic N) is 3. The van der Waals surface area contributed by atoms with E-state index in [-0.39, 0.29) is 37.8 Å². The number of amides is 2. The minimum Gasteiger partial charge on any atom is -0.426 e. The van der Waals surface area contributed by atoms with Crippen molar-refractivity contribution < 1.29 is 40.7 Å². The van der Waals surface area contributed by atoms with Crippen LogP contribution in [0.3, 0.4) is 0 Å². The molecular weight excluding hydrogens is 410 g/mol. The van der Waals surface area contributed by atoms with Crippen LogP contribution in [0.2, 0.25) is 0 Å². The van der Waals surface area contributed by atoms with Gasteiger partial charge in [0.05, 0.1) is 0 Å². The van der Waals surface area contributed by atoms with Gasteiger partial charge in [0.1, 0.15) is 0 Å². The zero-order chi connectivity index (χ0) is 21.6. The number of anilines is 1. The molecular formula is C16H18F6N4O3. The van der Waals surface area contributed by atoms with Crippen molar-refractivity contribution in [1.82, 2.24) is 14.7 Å². The van der Waals surface area contributed by atoms with Gasteiger partial charge >= 0.3 is 18.4 Å². The predicted octanol–water partition coefficient (Wildman–Crippen LogP) is 3.09. The number of likely N-dealkylation sites (tertiary alicyclic amines) is 1. The van der Waals surface area contributed by atoms with Crippen LogP contribution in [-0.4, -0.2) is 58.2 Å². The van der Waals surface area contributed by atoms with Gasteiger partial charge in [-0.15, -0.1) is 0 Å². The Morgan fingerprint density at radius 2 is 1.79 bits per heavy atom. The van der Waals surface area contributed by atoms with Gasteiger partial charge in [0, 0.05) is 38.3 Å². The number of piperidine rings is 1. The summed E-state index contributed by atoms with van der Waals surface area (Å²) in [6.45, 7) is -0.177. The lowest BCUT2D eigenvalue weighted by atomic mass is 9.91. The SMILES string of the molecule is Cn1ccc(NC(=O)[C@@H]2CC23CCN(C(=O)OC(C(F)(F)F)C(F)(F)F)CC3)n1. The number of aromatic nitrogens is 2. The summed E-state index contributed by atoms with van der Waals surface area (Å²) in [7, 11) is 1.69. The van der Waals surface area contributed by atoms with Crippen LogP contribution in [0, 0.1) is 11.3 Å². The fourth-order valence-electron chi connectivity index (χ4n) is 3.60. The van der Waals surface area contributed by atoms with E-state index in [1.165, 1.54) is 4.68 Å². The van der Waals surface area contributed by atoms with E-state index in [0.717, 1.165) is 4.90 Å². The predicted molar refractivity (Wildman–Crippen MR) is 85.6 cm³/mol. The average molecular weight is 428 g/mol. The Morgan fingerprint density at radius 3 is 2.28 bits per heavy atom. The normalized spacial score (nSPS) is 21.4. The van der Waals surface area contributed by atoms with Crippen molar-refractivity contribution in [3.63, 3.8) is 0 Å². The molecule has 2 heterocycles. The van der Waals surface area contributed by atoms with Crippen LogP contribution in [0.1, 0.15) is 19.3 Å². The van der Waals surface area contributed by atoms with Crippen molar-refractivity contribution in [3.05, 3.63) is 12.3 Å². The quantitative estimate of drug-likeness (QED) is 0.751. The zero-order valence-corrected chi connectivity index (χ0v) is 15.2. The summed E-state index contributed by atoms with van der Waals surface area (Å²) in [5.41, 5.74) is -0.414. The maximum absolute atomic E-state index is 12.5. The number of hydrogen-bond donors (Lipinski definition) is 1. The standard InChI is InChI=1S/C16H18F6N4O3/c1-25-5-2-10(24-25)23-11(27)9-8-14(9)3-6-26(7-4-14)13(28)29-12(15(17,18)19)16(20,21)22/h2,5,9,12H,3-4,6-8H2,1H3,(H,23,24,27)/t9-/m0/s1. The first kappa shape index (κ1) is 21.2. The molecule has 1 N–H and O–H groups in total. The maximum Gasteiger partial charge on any atom is 0.434 e. The van der Waals surface area contributed by atoms with E-state index < -0.39 is 30.0 Å². The lowest BCUT2D eigenvalue weighted by Gasteiger charge is -2.33. The Kier molecular flexibility index (Phi) is 5.20. The fraction of sp³-hybridized carbons (Fsp3) is 0.688. The summed E-state index contributed by atoms with van der Waals surface area (Å²) >= 11 is 0. The van der Waals surface area contributed by atoms with E-state index in [9.17, 15) is 35.9 Å². The first-order valence-electron chi connectivity index (χ1n) is 8.71. The Balaban J connectivity index is 1.53. The summed E-state index contributed by atoms with van der Waals surface area (Å²) in [4.78, 5) is 24.9. The third-order valence-corrected chi connectivity index (χ3v) is 5.30. The van der Waals surface area contributed by atoms with Gasteiger partial charge in [-0.3, -0.25) is 9.48 Å². The third kappa shape index (κ3) is 4.58. The van der Waals surface area contributed by atoms with Crippen molar-refractivity contribution in [1.29, 1.82) is 0 Å². The molecule has 1 aromatic rings. The molecule has 1 atom stereocenters. The van der Waals surface area contributed by atoms with Gasteiger partial charge in [0.2, 0.25) is 5.91 Å². The topological polar surface area (TPSA) is 76.5 Å². The van der Waals surface area contributed by atoms with Crippen LogP contribution < -0.4 is 5.32 Å². The molecule has 7 nitrogen and oxygen atoms in total. The summed E-state index contributed by atoms with van der Waals surface area (Å²) in [6, 6.07) is 1.61. The molecule has 1 saturated carbocycles. The highest BCUT2D eigenvalue weighted by Gasteiger charge is 2.61. The molecule has 2 fully saturated rings. The molecule has 13 heteroatoms. The molecule has 1 aliphatic carbocycles. The zero-order valence-electron chi connectivity index (χ0n) is 15.2. The van der Waals surface area contributed by atoms with Gasteiger partial charge in [-0.2, -0.15) is 31.4 Å². The Labute approximate surface area is 161 Å². The van der Waals surface area contributed by atoms with Crippen molar-refractivity contribution in [2.24, 2.45) is 18.4 Å². The van der Waals surface area contributed by atoms with Gasteiger partial charge in [-0.1, -0.05) is 0 Å². The first-order chi connectivity index (χ1) is 13.3. The van der Waals surface area contributed by atoms with Crippen molar-refractivity contribution in [2.45, 2.75) is 37.7 Å². The lowest BCUT2D eigenvalue weighted by Crippen LogP contribution is -2.49. The highest BCUT2D eigenvalue weighted by atomic mass is 19.4. The molecule has 162 valence electrons. The highest BCUT2D eigenvalue weighted by molar-refractivity contribution is 5.94. The summed E-state index contributed by atoms with van der Waals surface area (Å²) in [6.07, 6.45) is -14.6. The van der Waals surface area contributed by atoms with Crippen LogP contribution in [0.4, 0.5) is 37.0 Å². The molecule has 2 amide bonds. The van der Waals surface area contributed by atoms with Gasteiger partial charge in [0.15, 0.2) is 5.82 Å². The van der Waals surface area contributed by atoms with Crippen molar-refractivity contribution >= 4 is 17.8 Å². The number of alkyl halides is 6. The molecule has 1 aromatic heterocycles. The number of nitrogens with one attached hydrogen (secondary N) is 1. The number of ether oxygens (including phenoxy) is 1. The smallest absolute Gasteiger partial charge is 0.426 e. The molecule has 3 rings (SSSR count). The summed E-state index contributed by atoms with van der Waals surface area (Å²) in [5.74, 6) is -0.222. The lowest BCUT2D eigenvalue weighted by molar-refractivity contribution is -0.308. The van der Waals surface area contributed by atoms with Crippen molar-refractivity contribution in [2.75, 3.05) is 18.4 Å². The number of aryl methyl sites for hydroxylation is 1. The number of carbonyl (C=O) groups is 2. The number of hydrogen-bond acceptors (Lipinski definition) is 4. The molecule has 1 spiro atoms. The number of carbonyl (C=O) groups excluding carboxylic acids is 2. The monoisotopic (exact) mass is 428 g/mol. The van der Waals surface area contributed by atoms with Crippen molar-refractivity contribution in [3.8, 4) is 0 Å². The molecule has 2 aliphatic rings. The second kappa shape index (κ2) is 7.10. The van der Waals surface area contributed by atoms with E-state index >= 15 is 0 Å². The summed E-state index contributed by atoms with van der Waals surface area (Å²) in [5, 5.41) is 6.69. The molecule has 1 saturated heterocycles. The third-order valence-electron chi connectivity index (χ3n) is 5.30. The Bertz CT molecular complexity index is 768. The first-order valence-corrected chi connectivity index (χ1v) is 8.71. The van der Waals surface area contributed by atoms with Gasteiger partial charge in [-0.25, -0.2) is 4.79 Å². The molecule has 0 bridgehead atoms. The van der Waals surface area contributed by atoms with Crippen LogP contribution >= 0.6 is 0 Å². The van der Waals surface area contributed by atoms with Gasteiger partial charge in [0.25, 0.3) is 6.10 Å². The van der Waals surface area contributed by atoms with E-state index in [1.807, 2.05) is 0 Å². The summed E-state index contributed by atoms with van der Waals surface area (Å²) < 4.78 is 80.4. The van der Waals surface area contributed by atoms with Crippen LogP contribution in [0.25, 0.3) is 0 Å². The minimum atomic E-state index is -5.75. The van der Waals surface area contributed by atoms with E-state index in [4.69, 9.17) is 0 Å². The maximum atomic E-state index is 12.5. The Hall–Kier alpha value is -2.47. The fourth-order valence-corrected chi connectivity index (χ4v) is 3.60. The van der Waals surface area contributed by atoms with E-state index in [1.54, 1.807) is 19.3 Å². The second-order valence-electron chi connectivity index (χ2n) is 7.32. The van der Waals surface area contributed by atoms with Crippen LogP contribution in [0.5, 0.6) is 0 Å². The van der Waals surface area contributed by atoms with Gasteiger partial charge in [-0.05, 0) is 24.7 Å².